The van der Waals surface area contributed by atoms with Crippen LogP contribution in [0.2, 0.25) is 0 Å². The molecule has 0 amide bonds. The molecule has 1 heterocycles. The molecule has 0 radical (unpaired) electrons. The zero-order valence-corrected chi connectivity index (χ0v) is 18.7. The second-order valence-electron chi connectivity index (χ2n) is 6.24. The maximum Gasteiger partial charge on any atom is 0.311 e. The van der Waals surface area contributed by atoms with Crippen LogP contribution in [0, 0.1) is 10.1 Å². The summed E-state index contributed by atoms with van der Waals surface area (Å²) in [5.74, 6) is 1.74. The van der Waals surface area contributed by atoms with Gasteiger partial charge in [0, 0.05) is 17.7 Å². The average molecular weight is 458 g/mol. The molecule has 0 aliphatic heterocycles. The van der Waals surface area contributed by atoms with E-state index in [2.05, 4.69) is 15.3 Å². The van der Waals surface area contributed by atoms with E-state index in [0.29, 0.717) is 41.3 Å². The molecular weight excluding hydrogens is 434 g/mol. The Labute approximate surface area is 189 Å². The first-order valence-electron chi connectivity index (χ1n) is 9.85. The molecule has 0 bridgehead atoms. The van der Waals surface area contributed by atoms with Crippen molar-refractivity contribution in [1.82, 2.24) is 14.9 Å². The number of hydrogen-bond acceptors (Lipinski definition) is 9. The molecule has 0 unspecified atom stereocenters. The van der Waals surface area contributed by atoms with Gasteiger partial charge in [0.25, 0.3) is 0 Å². The molecular formula is C21H23N5O5S. The highest BCUT2D eigenvalue weighted by Crippen LogP contribution is 2.34. The Kier molecular flexibility index (Phi) is 8.03. The molecule has 2 aromatic carbocycles. The summed E-state index contributed by atoms with van der Waals surface area (Å²) in [5.41, 5.74) is 0.260. The predicted molar refractivity (Wildman–Crippen MR) is 121 cm³/mol. The van der Waals surface area contributed by atoms with Crippen LogP contribution in [0.25, 0.3) is 0 Å². The number of nitro benzene ring substituents is 1. The summed E-state index contributed by atoms with van der Waals surface area (Å²) >= 11 is 1.37. The number of aromatic nitrogens is 3. The first-order chi connectivity index (χ1) is 15.6. The Hall–Kier alpha value is -3.60. The van der Waals surface area contributed by atoms with Gasteiger partial charge in [0.2, 0.25) is 10.9 Å². The van der Waals surface area contributed by atoms with Crippen LogP contribution in [0.4, 0.5) is 5.69 Å². The van der Waals surface area contributed by atoms with E-state index in [1.807, 2.05) is 43.5 Å². The molecule has 0 N–H and O–H groups in total. The summed E-state index contributed by atoms with van der Waals surface area (Å²) in [4.78, 5) is 11.0. The second-order valence-corrected chi connectivity index (χ2v) is 7.02. The van der Waals surface area contributed by atoms with Crippen LogP contribution in [0.15, 0.2) is 52.7 Å². The minimum Gasteiger partial charge on any atom is -0.493 e. The number of nitrogens with zero attached hydrogens (tertiary/aromatic N) is 5. The number of rotatable bonds is 11. The summed E-state index contributed by atoms with van der Waals surface area (Å²) in [6, 6.07) is 12.2. The molecule has 0 atom stereocenters. The number of ether oxygens (including phenoxy) is 3. The number of nitro groups is 1. The predicted octanol–water partition coefficient (Wildman–Crippen LogP) is 4.17. The molecule has 11 heteroatoms. The fourth-order valence-corrected chi connectivity index (χ4v) is 3.22. The lowest BCUT2D eigenvalue weighted by atomic mass is 10.1. The first kappa shape index (κ1) is 23.1. The minimum atomic E-state index is -0.497. The van der Waals surface area contributed by atoms with Gasteiger partial charge in [-0.25, -0.2) is 0 Å². The molecule has 3 rings (SSSR count). The van der Waals surface area contributed by atoms with Gasteiger partial charge in [0.05, 0.1) is 24.4 Å². The summed E-state index contributed by atoms with van der Waals surface area (Å²) < 4.78 is 18.4. The molecule has 10 nitrogen and oxygen atoms in total. The van der Waals surface area contributed by atoms with E-state index in [-0.39, 0.29) is 18.0 Å². The molecule has 3 aromatic rings. The van der Waals surface area contributed by atoms with E-state index in [1.165, 1.54) is 34.8 Å². The van der Waals surface area contributed by atoms with E-state index in [4.69, 9.17) is 14.2 Å². The lowest BCUT2D eigenvalue weighted by molar-refractivity contribution is -0.385. The van der Waals surface area contributed by atoms with Crippen LogP contribution in [0.5, 0.6) is 17.2 Å². The lowest BCUT2D eigenvalue weighted by Gasteiger charge is -2.11. The van der Waals surface area contributed by atoms with Crippen LogP contribution in [-0.2, 0) is 6.61 Å². The van der Waals surface area contributed by atoms with Gasteiger partial charge < -0.3 is 14.2 Å². The van der Waals surface area contributed by atoms with Crippen LogP contribution in [0.3, 0.4) is 0 Å². The highest BCUT2D eigenvalue weighted by Gasteiger charge is 2.20. The van der Waals surface area contributed by atoms with Crippen molar-refractivity contribution < 1.29 is 19.1 Å². The third-order valence-corrected chi connectivity index (χ3v) is 4.79. The monoisotopic (exact) mass is 457 g/mol. The van der Waals surface area contributed by atoms with Crippen molar-refractivity contribution in [3.63, 3.8) is 0 Å². The van der Waals surface area contributed by atoms with Gasteiger partial charge in [-0.15, -0.1) is 10.2 Å². The van der Waals surface area contributed by atoms with Crippen LogP contribution in [-0.4, -0.2) is 45.5 Å². The Balaban J connectivity index is 1.94. The molecule has 0 aliphatic carbocycles. The molecule has 168 valence electrons. The van der Waals surface area contributed by atoms with Crippen molar-refractivity contribution in [3.05, 3.63) is 64.0 Å². The fourth-order valence-electron chi connectivity index (χ4n) is 2.77. The zero-order chi connectivity index (χ0) is 22.9. The summed E-state index contributed by atoms with van der Waals surface area (Å²) in [6.45, 7) is 4.41. The van der Waals surface area contributed by atoms with E-state index in [9.17, 15) is 10.1 Å². The van der Waals surface area contributed by atoms with Gasteiger partial charge in [-0.05, 0) is 32.2 Å². The highest BCUT2D eigenvalue weighted by molar-refractivity contribution is 7.98. The maximum atomic E-state index is 11.5. The SMILES string of the molecule is CCOc1cc(OCC)c([N+](=O)[O-])cc1/C=N\n1c(COc2ccccc2)nnc1SC. The largest absolute Gasteiger partial charge is 0.493 e. The Morgan fingerprint density at radius 2 is 1.81 bits per heavy atom. The summed E-state index contributed by atoms with van der Waals surface area (Å²) in [7, 11) is 0. The van der Waals surface area contributed by atoms with Crippen molar-refractivity contribution in [3.8, 4) is 17.2 Å². The van der Waals surface area contributed by atoms with Crippen molar-refractivity contribution in [2.45, 2.75) is 25.6 Å². The first-order valence-corrected chi connectivity index (χ1v) is 11.1. The van der Waals surface area contributed by atoms with Gasteiger partial charge in [-0.1, -0.05) is 30.0 Å². The summed E-state index contributed by atoms with van der Waals surface area (Å²) in [6.07, 6.45) is 3.33. The van der Waals surface area contributed by atoms with Crippen molar-refractivity contribution in [2.24, 2.45) is 5.10 Å². The minimum absolute atomic E-state index is 0.143. The van der Waals surface area contributed by atoms with E-state index in [1.54, 1.807) is 6.92 Å². The second kappa shape index (κ2) is 11.1. The van der Waals surface area contributed by atoms with Gasteiger partial charge >= 0.3 is 5.69 Å². The van der Waals surface area contributed by atoms with Crippen LogP contribution in [0.1, 0.15) is 25.2 Å². The van der Waals surface area contributed by atoms with Gasteiger partial charge in [-0.3, -0.25) is 10.1 Å². The zero-order valence-electron chi connectivity index (χ0n) is 17.9. The molecule has 0 spiro atoms. The van der Waals surface area contributed by atoms with Crippen molar-refractivity contribution in [2.75, 3.05) is 19.5 Å². The number of benzene rings is 2. The van der Waals surface area contributed by atoms with E-state index >= 15 is 0 Å². The van der Waals surface area contributed by atoms with Crippen molar-refractivity contribution in [1.29, 1.82) is 0 Å². The number of hydrogen-bond donors (Lipinski definition) is 0. The molecule has 0 aliphatic rings. The van der Waals surface area contributed by atoms with Crippen molar-refractivity contribution >= 4 is 23.7 Å². The average Bonchev–Trinajstić information content (AvgIpc) is 3.19. The summed E-state index contributed by atoms with van der Waals surface area (Å²) in [5, 5.41) is 24.8. The van der Waals surface area contributed by atoms with Gasteiger partial charge in [0.1, 0.15) is 18.1 Å². The van der Waals surface area contributed by atoms with Crippen LogP contribution < -0.4 is 14.2 Å². The fraction of sp³-hybridized carbons (Fsp3) is 0.286. The third kappa shape index (κ3) is 5.55. The normalized spacial score (nSPS) is 11.0. The molecule has 0 fully saturated rings. The quantitative estimate of drug-likeness (QED) is 0.182. The van der Waals surface area contributed by atoms with E-state index < -0.39 is 4.92 Å². The third-order valence-electron chi connectivity index (χ3n) is 4.17. The number of thioether (sulfide) groups is 1. The molecule has 1 aromatic heterocycles. The van der Waals surface area contributed by atoms with Gasteiger partial charge in [-0.2, -0.15) is 9.78 Å². The standard InChI is InChI=1S/C21H23N5O5S/c1-4-29-18-12-19(30-5-2)17(26(27)28)11-15(18)13-22-25-20(23-24-21(25)32-3)14-31-16-9-7-6-8-10-16/h6-13H,4-5,14H2,1-3H3/b22-13-. The van der Waals surface area contributed by atoms with E-state index in [0.717, 1.165) is 0 Å². The smallest absolute Gasteiger partial charge is 0.311 e. The van der Waals surface area contributed by atoms with Gasteiger partial charge in [0.15, 0.2) is 5.82 Å². The lowest BCUT2D eigenvalue weighted by Crippen LogP contribution is -2.06. The molecule has 32 heavy (non-hydrogen) atoms. The Bertz CT molecular complexity index is 1090. The topological polar surface area (TPSA) is 114 Å². The Morgan fingerprint density at radius 1 is 1.09 bits per heavy atom. The molecule has 0 saturated heterocycles. The highest BCUT2D eigenvalue weighted by atomic mass is 32.2. The maximum absolute atomic E-state index is 11.5. The van der Waals surface area contributed by atoms with Crippen LogP contribution >= 0.6 is 11.8 Å². The number of para-hydroxylation sites is 1. The molecule has 0 saturated carbocycles. The Morgan fingerprint density at radius 3 is 2.47 bits per heavy atom.